The molecule has 1 N–H and O–H groups in total. The molecule has 2 aromatic rings. The van der Waals surface area contributed by atoms with Crippen LogP contribution in [0.15, 0.2) is 43.0 Å². The first kappa shape index (κ1) is 18.8. The lowest BCUT2D eigenvalue weighted by molar-refractivity contribution is -0.383. The molecule has 0 radical (unpaired) electrons. The average Bonchev–Trinajstić information content (AvgIpc) is 3.12. The molecule has 0 saturated carbocycles. The molecule has 3 rings (SSSR count). The summed E-state index contributed by atoms with van der Waals surface area (Å²) in [6.45, 7) is 6.02. The number of fused-ring (bicyclic) bond motifs is 1. The van der Waals surface area contributed by atoms with Crippen LogP contribution in [0.3, 0.4) is 0 Å². The normalized spacial score (nSPS) is 17.0. The smallest absolute Gasteiger partial charge is 0.278 e. The fourth-order valence-electron chi connectivity index (χ4n) is 3.71. The standard InChI is InChI=1S/C20H23N3O4/c1-3-10-22-11-6-7-14(22)13-21-20(24)17-12-18(23(25)26)15-8-4-5-9-16(15)19(17)27-2/h3-5,8-9,12,14H,1,6-7,10-11,13H2,2H3,(H,21,24). The third kappa shape index (κ3) is 3.78. The lowest BCUT2D eigenvalue weighted by Crippen LogP contribution is -2.40. The molecule has 2 aromatic carbocycles. The lowest BCUT2D eigenvalue weighted by atomic mass is 10.0. The number of rotatable bonds is 7. The summed E-state index contributed by atoms with van der Waals surface area (Å²) in [5, 5.41) is 15.4. The molecule has 1 unspecified atom stereocenters. The van der Waals surface area contributed by atoms with Gasteiger partial charge >= 0.3 is 0 Å². The number of carbonyl (C=O) groups is 1. The van der Waals surface area contributed by atoms with E-state index in [9.17, 15) is 14.9 Å². The van der Waals surface area contributed by atoms with Crippen LogP contribution in [0.4, 0.5) is 5.69 Å². The highest BCUT2D eigenvalue weighted by molar-refractivity contribution is 6.07. The van der Waals surface area contributed by atoms with Crippen molar-refractivity contribution in [3.05, 3.63) is 58.7 Å². The van der Waals surface area contributed by atoms with E-state index in [2.05, 4.69) is 16.8 Å². The highest BCUT2D eigenvalue weighted by Gasteiger charge is 2.26. The van der Waals surface area contributed by atoms with Gasteiger partial charge in [0.15, 0.2) is 0 Å². The molecule has 0 bridgehead atoms. The number of hydrogen-bond donors (Lipinski definition) is 1. The van der Waals surface area contributed by atoms with Crippen LogP contribution < -0.4 is 10.1 Å². The number of benzene rings is 2. The number of amides is 1. The van der Waals surface area contributed by atoms with Crippen LogP contribution >= 0.6 is 0 Å². The van der Waals surface area contributed by atoms with E-state index in [1.165, 1.54) is 13.2 Å². The Balaban J connectivity index is 1.90. The first-order valence-corrected chi connectivity index (χ1v) is 8.94. The monoisotopic (exact) mass is 369 g/mol. The number of nitrogens with one attached hydrogen (secondary N) is 1. The first-order valence-electron chi connectivity index (χ1n) is 8.94. The minimum atomic E-state index is -0.471. The zero-order valence-corrected chi connectivity index (χ0v) is 15.3. The van der Waals surface area contributed by atoms with E-state index in [1.807, 2.05) is 6.08 Å². The van der Waals surface area contributed by atoms with Gasteiger partial charge in [-0.3, -0.25) is 19.8 Å². The maximum absolute atomic E-state index is 12.8. The van der Waals surface area contributed by atoms with Crippen LogP contribution in [-0.2, 0) is 0 Å². The number of ether oxygens (including phenoxy) is 1. The second kappa shape index (κ2) is 8.18. The number of hydrogen-bond acceptors (Lipinski definition) is 5. The van der Waals surface area contributed by atoms with E-state index in [0.717, 1.165) is 25.9 Å². The predicted octanol–water partition coefficient (Wildman–Crippen LogP) is 3.14. The van der Waals surface area contributed by atoms with Gasteiger partial charge in [-0.25, -0.2) is 0 Å². The Morgan fingerprint density at radius 2 is 2.19 bits per heavy atom. The van der Waals surface area contributed by atoms with E-state index in [1.54, 1.807) is 24.3 Å². The summed E-state index contributed by atoms with van der Waals surface area (Å²) in [6, 6.07) is 8.41. The Morgan fingerprint density at radius 1 is 1.44 bits per heavy atom. The third-order valence-corrected chi connectivity index (χ3v) is 4.98. The lowest BCUT2D eigenvalue weighted by Gasteiger charge is -2.23. The van der Waals surface area contributed by atoms with Crippen LogP contribution in [0.2, 0.25) is 0 Å². The summed E-state index contributed by atoms with van der Waals surface area (Å²) in [5.74, 6) is -0.0192. The van der Waals surface area contributed by atoms with E-state index >= 15 is 0 Å². The van der Waals surface area contributed by atoms with Crippen molar-refractivity contribution in [2.45, 2.75) is 18.9 Å². The highest BCUT2D eigenvalue weighted by atomic mass is 16.6. The molecule has 0 aromatic heterocycles. The second-order valence-corrected chi connectivity index (χ2v) is 6.57. The minimum Gasteiger partial charge on any atom is -0.495 e. The van der Waals surface area contributed by atoms with Crippen molar-refractivity contribution < 1.29 is 14.5 Å². The van der Waals surface area contributed by atoms with Gasteiger partial charge in [-0.1, -0.05) is 24.3 Å². The second-order valence-electron chi connectivity index (χ2n) is 6.57. The van der Waals surface area contributed by atoms with Gasteiger partial charge in [-0.05, 0) is 25.5 Å². The Labute approximate surface area is 157 Å². The summed E-state index contributed by atoms with van der Waals surface area (Å²) >= 11 is 0. The Morgan fingerprint density at radius 3 is 2.85 bits per heavy atom. The summed E-state index contributed by atoms with van der Waals surface area (Å²) in [5.41, 5.74) is 0.0712. The number of nitrogens with zero attached hydrogens (tertiary/aromatic N) is 2. The zero-order valence-electron chi connectivity index (χ0n) is 15.3. The quantitative estimate of drug-likeness (QED) is 0.460. The number of carbonyl (C=O) groups excluding carboxylic acids is 1. The molecule has 1 aliphatic rings. The summed E-state index contributed by atoms with van der Waals surface area (Å²) in [4.78, 5) is 26.1. The van der Waals surface area contributed by atoms with Gasteiger partial charge in [0, 0.05) is 30.6 Å². The van der Waals surface area contributed by atoms with Gasteiger partial charge in [-0.15, -0.1) is 6.58 Å². The predicted molar refractivity (Wildman–Crippen MR) is 104 cm³/mol. The van der Waals surface area contributed by atoms with E-state index in [0.29, 0.717) is 23.1 Å². The molecule has 0 aliphatic carbocycles. The van der Waals surface area contributed by atoms with E-state index in [-0.39, 0.29) is 23.2 Å². The maximum Gasteiger partial charge on any atom is 0.278 e. The summed E-state index contributed by atoms with van der Waals surface area (Å²) < 4.78 is 5.44. The van der Waals surface area contributed by atoms with Crippen molar-refractivity contribution in [3.63, 3.8) is 0 Å². The molecular formula is C20H23N3O4. The SMILES string of the molecule is C=CCN1CCCC1CNC(=O)c1cc([N+](=O)[O-])c2ccccc2c1OC. The van der Waals surface area contributed by atoms with Crippen LogP contribution in [0.5, 0.6) is 5.75 Å². The van der Waals surface area contributed by atoms with E-state index < -0.39 is 4.92 Å². The number of nitro groups is 1. The van der Waals surface area contributed by atoms with Gasteiger partial charge in [0.1, 0.15) is 5.75 Å². The van der Waals surface area contributed by atoms with Crippen LogP contribution in [0.25, 0.3) is 10.8 Å². The fourth-order valence-corrected chi connectivity index (χ4v) is 3.71. The van der Waals surface area contributed by atoms with Crippen molar-refractivity contribution in [2.75, 3.05) is 26.7 Å². The maximum atomic E-state index is 12.8. The zero-order chi connectivity index (χ0) is 19.4. The van der Waals surface area contributed by atoms with Crippen molar-refractivity contribution in [1.29, 1.82) is 0 Å². The summed E-state index contributed by atoms with van der Waals surface area (Å²) in [6.07, 6.45) is 3.94. The van der Waals surface area contributed by atoms with Gasteiger partial charge in [-0.2, -0.15) is 0 Å². The van der Waals surface area contributed by atoms with Crippen molar-refractivity contribution >= 4 is 22.4 Å². The van der Waals surface area contributed by atoms with Gasteiger partial charge in [0.25, 0.3) is 11.6 Å². The number of likely N-dealkylation sites (tertiary alicyclic amines) is 1. The number of nitro benzene ring substituents is 1. The minimum absolute atomic E-state index is 0.106. The number of non-ortho nitro benzene ring substituents is 1. The van der Waals surface area contributed by atoms with Crippen molar-refractivity contribution in [3.8, 4) is 5.75 Å². The van der Waals surface area contributed by atoms with Crippen molar-refractivity contribution in [2.24, 2.45) is 0 Å². The van der Waals surface area contributed by atoms with E-state index in [4.69, 9.17) is 4.74 Å². The molecule has 27 heavy (non-hydrogen) atoms. The molecule has 1 heterocycles. The molecule has 7 nitrogen and oxygen atoms in total. The molecule has 142 valence electrons. The molecular weight excluding hydrogens is 346 g/mol. The topological polar surface area (TPSA) is 84.7 Å². The molecule has 1 amide bonds. The number of methoxy groups -OCH3 is 1. The van der Waals surface area contributed by atoms with Gasteiger partial charge in [0.2, 0.25) is 0 Å². The van der Waals surface area contributed by atoms with Crippen molar-refractivity contribution in [1.82, 2.24) is 10.2 Å². The Bertz CT molecular complexity index is 881. The Hall–Kier alpha value is -2.93. The molecule has 1 aliphatic heterocycles. The van der Waals surface area contributed by atoms with Crippen LogP contribution in [-0.4, -0.2) is 48.5 Å². The first-order chi connectivity index (χ1) is 13.1. The largest absolute Gasteiger partial charge is 0.495 e. The molecule has 7 heteroatoms. The van der Waals surface area contributed by atoms with Crippen LogP contribution in [0.1, 0.15) is 23.2 Å². The third-order valence-electron chi connectivity index (χ3n) is 4.98. The Kier molecular flexibility index (Phi) is 5.71. The highest BCUT2D eigenvalue weighted by Crippen LogP contribution is 2.36. The van der Waals surface area contributed by atoms with Gasteiger partial charge in [0.05, 0.1) is 23.0 Å². The summed E-state index contributed by atoms with van der Waals surface area (Å²) in [7, 11) is 1.47. The molecule has 1 fully saturated rings. The molecule has 1 saturated heterocycles. The average molecular weight is 369 g/mol. The molecule has 1 atom stereocenters. The molecule has 0 spiro atoms. The van der Waals surface area contributed by atoms with Gasteiger partial charge < -0.3 is 10.1 Å². The van der Waals surface area contributed by atoms with Crippen LogP contribution in [0, 0.1) is 10.1 Å². The fraction of sp³-hybridized carbons (Fsp3) is 0.350.